The Kier molecular flexibility index (Phi) is 2.72. The highest BCUT2D eigenvalue weighted by Crippen LogP contribution is 2.16. The quantitative estimate of drug-likeness (QED) is 0.631. The van der Waals surface area contributed by atoms with E-state index in [2.05, 4.69) is 12.2 Å². The third-order valence-electron chi connectivity index (χ3n) is 2.07. The lowest BCUT2D eigenvalue weighted by Crippen LogP contribution is -2.18. The predicted octanol–water partition coefficient (Wildman–Crippen LogP) is 1.31. The maximum Gasteiger partial charge on any atom is 0.223 e. The zero-order chi connectivity index (χ0) is 7.40. The van der Waals surface area contributed by atoms with Crippen molar-refractivity contribution in [1.82, 2.24) is 5.32 Å². The molecule has 0 bridgehead atoms. The molecular weight excluding hydrogens is 126 g/mol. The normalized spacial score (nSPS) is 24.9. The van der Waals surface area contributed by atoms with Gasteiger partial charge in [0, 0.05) is 12.5 Å². The van der Waals surface area contributed by atoms with E-state index in [0.29, 0.717) is 5.92 Å². The van der Waals surface area contributed by atoms with Crippen molar-refractivity contribution in [2.75, 3.05) is 6.54 Å². The summed E-state index contributed by atoms with van der Waals surface area (Å²) in [7, 11) is 0. The number of hydrogen-bond acceptors (Lipinski definition) is 1. The lowest BCUT2D eigenvalue weighted by molar-refractivity contribution is -0.122. The molecule has 0 spiro atoms. The van der Waals surface area contributed by atoms with Gasteiger partial charge in [-0.1, -0.05) is 19.8 Å². The highest BCUT2D eigenvalue weighted by molar-refractivity contribution is 5.80. The standard InChI is InChI=1S/C8H15NO/c1-2-3-4-7-5-6-9-8(7)10/h7H,2-6H2,1H3,(H,9,10). The molecule has 2 nitrogen and oxygen atoms in total. The lowest BCUT2D eigenvalue weighted by Gasteiger charge is -2.02. The van der Waals surface area contributed by atoms with Crippen LogP contribution in [-0.2, 0) is 4.79 Å². The van der Waals surface area contributed by atoms with Gasteiger partial charge in [0.15, 0.2) is 0 Å². The first-order valence-electron chi connectivity index (χ1n) is 4.12. The van der Waals surface area contributed by atoms with Crippen LogP contribution in [0.15, 0.2) is 0 Å². The number of hydrogen-bond donors (Lipinski definition) is 1. The van der Waals surface area contributed by atoms with Crippen molar-refractivity contribution in [1.29, 1.82) is 0 Å². The molecule has 1 N–H and O–H groups in total. The van der Waals surface area contributed by atoms with Gasteiger partial charge in [-0.3, -0.25) is 4.79 Å². The average Bonchev–Trinajstić information content (AvgIpc) is 2.31. The smallest absolute Gasteiger partial charge is 0.223 e. The van der Waals surface area contributed by atoms with E-state index in [-0.39, 0.29) is 5.91 Å². The van der Waals surface area contributed by atoms with Gasteiger partial charge < -0.3 is 5.32 Å². The van der Waals surface area contributed by atoms with Gasteiger partial charge in [-0.2, -0.15) is 0 Å². The van der Waals surface area contributed by atoms with E-state index in [0.717, 1.165) is 19.4 Å². The second-order valence-corrected chi connectivity index (χ2v) is 2.92. The SMILES string of the molecule is CCCCC1CCNC1=O. The second kappa shape index (κ2) is 3.59. The molecule has 1 fully saturated rings. The molecule has 0 aliphatic carbocycles. The Balaban J connectivity index is 2.20. The number of amides is 1. The maximum absolute atomic E-state index is 11.0. The number of nitrogens with one attached hydrogen (secondary N) is 1. The Morgan fingerprint density at radius 3 is 3.00 bits per heavy atom. The zero-order valence-electron chi connectivity index (χ0n) is 6.52. The van der Waals surface area contributed by atoms with Gasteiger partial charge >= 0.3 is 0 Å². The van der Waals surface area contributed by atoms with Crippen LogP contribution in [-0.4, -0.2) is 12.5 Å². The zero-order valence-corrected chi connectivity index (χ0v) is 6.52. The van der Waals surface area contributed by atoms with E-state index in [4.69, 9.17) is 0 Å². The summed E-state index contributed by atoms with van der Waals surface area (Å²) in [6, 6.07) is 0. The van der Waals surface area contributed by atoms with E-state index in [1.807, 2.05) is 0 Å². The molecule has 58 valence electrons. The van der Waals surface area contributed by atoms with Crippen LogP contribution in [0.1, 0.15) is 32.6 Å². The van der Waals surface area contributed by atoms with E-state index in [1.165, 1.54) is 12.8 Å². The first kappa shape index (κ1) is 7.58. The lowest BCUT2D eigenvalue weighted by atomic mass is 10.0. The third kappa shape index (κ3) is 1.72. The minimum absolute atomic E-state index is 0.272. The monoisotopic (exact) mass is 141 g/mol. The van der Waals surface area contributed by atoms with Crippen molar-refractivity contribution in [2.45, 2.75) is 32.6 Å². The summed E-state index contributed by atoms with van der Waals surface area (Å²) in [6.45, 7) is 3.06. The molecule has 1 unspecified atom stereocenters. The molecule has 1 rings (SSSR count). The van der Waals surface area contributed by atoms with Crippen LogP contribution in [0.2, 0.25) is 0 Å². The van der Waals surface area contributed by atoms with Crippen molar-refractivity contribution >= 4 is 5.91 Å². The Morgan fingerprint density at radius 1 is 1.70 bits per heavy atom. The van der Waals surface area contributed by atoms with Crippen LogP contribution in [0.25, 0.3) is 0 Å². The van der Waals surface area contributed by atoms with Crippen molar-refractivity contribution in [2.24, 2.45) is 5.92 Å². The molecule has 10 heavy (non-hydrogen) atoms. The fourth-order valence-corrected chi connectivity index (χ4v) is 1.37. The number of unbranched alkanes of at least 4 members (excludes halogenated alkanes) is 1. The van der Waals surface area contributed by atoms with Crippen LogP contribution in [0, 0.1) is 5.92 Å². The predicted molar refractivity (Wildman–Crippen MR) is 40.6 cm³/mol. The molecule has 0 aromatic heterocycles. The van der Waals surface area contributed by atoms with Crippen LogP contribution in [0.4, 0.5) is 0 Å². The Hall–Kier alpha value is -0.530. The molecule has 1 amide bonds. The first-order chi connectivity index (χ1) is 4.84. The number of carbonyl (C=O) groups is 1. The van der Waals surface area contributed by atoms with Crippen molar-refractivity contribution in [3.8, 4) is 0 Å². The third-order valence-corrected chi connectivity index (χ3v) is 2.07. The summed E-state index contributed by atoms with van der Waals surface area (Å²) in [5.41, 5.74) is 0. The number of carbonyl (C=O) groups excluding carboxylic acids is 1. The molecule has 1 aliphatic rings. The molecule has 0 saturated carbocycles. The van der Waals surface area contributed by atoms with Crippen LogP contribution in [0.5, 0.6) is 0 Å². The van der Waals surface area contributed by atoms with Crippen molar-refractivity contribution in [3.63, 3.8) is 0 Å². The van der Waals surface area contributed by atoms with Crippen LogP contribution < -0.4 is 5.32 Å². The van der Waals surface area contributed by atoms with E-state index < -0.39 is 0 Å². The largest absolute Gasteiger partial charge is 0.356 e. The van der Waals surface area contributed by atoms with Crippen LogP contribution >= 0.6 is 0 Å². The molecule has 0 aromatic rings. The van der Waals surface area contributed by atoms with Gasteiger partial charge in [-0.15, -0.1) is 0 Å². The summed E-state index contributed by atoms with van der Waals surface area (Å²) in [5, 5.41) is 2.84. The molecule has 1 saturated heterocycles. The average molecular weight is 141 g/mol. The van der Waals surface area contributed by atoms with Gasteiger partial charge in [-0.25, -0.2) is 0 Å². The van der Waals surface area contributed by atoms with Crippen LogP contribution in [0.3, 0.4) is 0 Å². The van der Waals surface area contributed by atoms with E-state index in [9.17, 15) is 4.79 Å². The highest BCUT2D eigenvalue weighted by atomic mass is 16.2. The van der Waals surface area contributed by atoms with E-state index in [1.54, 1.807) is 0 Å². The Bertz CT molecular complexity index is 122. The van der Waals surface area contributed by atoms with E-state index >= 15 is 0 Å². The molecule has 0 radical (unpaired) electrons. The number of rotatable bonds is 3. The van der Waals surface area contributed by atoms with Gasteiger partial charge in [0.25, 0.3) is 0 Å². The summed E-state index contributed by atoms with van der Waals surface area (Å²) in [4.78, 5) is 11.0. The fourth-order valence-electron chi connectivity index (χ4n) is 1.37. The molecule has 1 heterocycles. The molecule has 2 heteroatoms. The van der Waals surface area contributed by atoms with Gasteiger partial charge in [0.1, 0.15) is 0 Å². The summed E-state index contributed by atoms with van der Waals surface area (Å²) < 4.78 is 0. The van der Waals surface area contributed by atoms with Crippen molar-refractivity contribution < 1.29 is 4.79 Å². The summed E-state index contributed by atoms with van der Waals surface area (Å²) in [5.74, 6) is 0.605. The topological polar surface area (TPSA) is 29.1 Å². The molecule has 1 aliphatic heterocycles. The van der Waals surface area contributed by atoms with Crippen molar-refractivity contribution in [3.05, 3.63) is 0 Å². The minimum Gasteiger partial charge on any atom is -0.356 e. The Labute approximate surface area is 62.0 Å². The molecular formula is C8H15NO. The molecule has 1 atom stereocenters. The molecule has 0 aromatic carbocycles. The second-order valence-electron chi connectivity index (χ2n) is 2.92. The minimum atomic E-state index is 0.272. The van der Waals surface area contributed by atoms with Gasteiger partial charge in [0.2, 0.25) is 5.91 Å². The Morgan fingerprint density at radius 2 is 2.50 bits per heavy atom. The van der Waals surface area contributed by atoms with Gasteiger partial charge in [0.05, 0.1) is 0 Å². The first-order valence-corrected chi connectivity index (χ1v) is 4.12. The summed E-state index contributed by atoms with van der Waals surface area (Å²) in [6.07, 6.45) is 4.53. The fraction of sp³-hybridized carbons (Fsp3) is 0.875. The highest BCUT2D eigenvalue weighted by Gasteiger charge is 2.22. The van der Waals surface area contributed by atoms with Gasteiger partial charge in [-0.05, 0) is 12.8 Å². The summed E-state index contributed by atoms with van der Waals surface area (Å²) >= 11 is 0. The maximum atomic E-state index is 11.0.